The third-order valence-electron chi connectivity index (χ3n) is 3.62. The molecule has 1 aliphatic rings. The summed E-state index contributed by atoms with van der Waals surface area (Å²) >= 11 is 0. The van der Waals surface area contributed by atoms with Gasteiger partial charge in [-0.1, -0.05) is 29.4 Å². The van der Waals surface area contributed by atoms with Crippen molar-refractivity contribution in [2.75, 3.05) is 27.2 Å². The zero-order valence-electron chi connectivity index (χ0n) is 12.0. The Balaban J connectivity index is 1.80. The Labute approximate surface area is 119 Å². The number of likely N-dealkylation sites (N-methyl/N-ethyl adjacent to an activating group) is 1. The Kier molecular flexibility index (Phi) is 3.80. The topological polar surface area (TPSA) is 54.2 Å². The fourth-order valence-corrected chi connectivity index (χ4v) is 2.53. The van der Waals surface area contributed by atoms with Crippen molar-refractivity contribution in [1.29, 1.82) is 0 Å². The van der Waals surface area contributed by atoms with Crippen LogP contribution < -0.4 is 5.32 Å². The molecule has 106 valence electrons. The van der Waals surface area contributed by atoms with Gasteiger partial charge in [0.05, 0.1) is 0 Å². The van der Waals surface area contributed by atoms with E-state index in [1.165, 1.54) is 11.1 Å². The molecule has 3 rings (SSSR count). The van der Waals surface area contributed by atoms with Crippen molar-refractivity contribution in [3.8, 4) is 0 Å². The molecule has 0 amide bonds. The maximum Gasteiger partial charge on any atom is 0.248 e. The van der Waals surface area contributed by atoms with Gasteiger partial charge >= 0.3 is 0 Å². The van der Waals surface area contributed by atoms with E-state index in [1.54, 1.807) is 0 Å². The second-order valence-corrected chi connectivity index (χ2v) is 5.44. The summed E-state index contributed by atoms with van der Waals surface area (Å²) in [7, 11) is 4.08. The summed E-state index contributed by atoms with van der Waals surface area (Å²) in [6, 6.07) is 8.47. The Hall–Kier alpha value is -1.72. The third kappa shape index (κ3) is 2.73. The lowest BCUT2D eigenvalue weighted by Crippen LogP contribution is -2.30. The number of fused-ring (bicyclic) bond motifs is 1. The lowest BCUT2D eigenvalue weighted by Gasteiger charge is -2.23. The minimum atomic E-state index is 0.0283. The van der Waals surface area contributed by atoms with Gasteiger partial charge < -0.3 is 14.7 Å². The number of aromatic nitrogens is 2. The minimum Gasteiger partial charge on any atom is -0.337 e. The summed E-state index contributed by atoms with van der Waals surface area (Å²) in [5, 5.41) is 7.55. The summed E-state index contributed by atoms with van der Waals surface area (Å²) in [5.41, 5.74) is 2.62. The highest BCUT2D eigenvalue weighted by atomic mass is 16.5. The molecule has 1 unspecified atom stereocenters. The molecular formula is C15H20N4O. The van der Waals surface area contributed by atoms with Crippen molar-refractivity contribution < 1.29 is 4.52 Å². The number of hydrogen-bond acceptors (Lipinski definition) is 5. The van der Waals surface area contributed by atoms with E-state index in [0.29, 0.717) is 5.89 Å². The molecule has 0 saturated carbocycles. The van der Waals surface area contributed by atoms with Crippen LogP contribution in [0.5, 0.6) is 0 Å². The standard InChI is InChI=1S/C15H20N4O/c1-19(2)10-8-13-17-15(20-18-13)14-12-6-4-3-5-11(12)7-9-16-14/h3-6,14,16H,7-10H2,1-2H3. The van der Waals surface area contributed by atoms with Gasteiger partial charge in [0.1, 0.15) is 6.04 Å². The van der Waals surface area contributed by atoms with E-state index in [4.69, 9.17) is 4.52 Å². The van der Waals surface area contributed by atoms with Crippen LogP contribution in [-0.2, 0) is 12.8 Å². The fraction of sp³-hybridized carbons (Fsp3) is 0.467. The van der Waals surface area contributed by atoms with Crippen LogP contribution >= 0.6 is 0 Å². The van der Waals surface area contributed by atoms with Gasteiger partial charge in [0.25, 0.3) is 0 Å². The average molecular weight is 272 g/mol. The summed E-state index contributed by atoms with van der Waals surface area (Å²) < 4.78 is 5.45. The Bertz CT molecular complexity index is 579. The van der Waals surface area contributed by atoms with Crippen LogP contribution in [0.1, 0.15) is 28.9 Å². The highest BCUT2D eigenvalue weighted by Crippen LogP contribution is 2.27. The van der Waals surface area contributed by atoms with Crippen LogP contribution in [0.4, 0.5) is 0 Å². The van der Waals surface area contributed by atoms with E-state index in [1.807, 2.05) is 14.1 Å². The lowest BCUT2D eigenvalue weighted by molar-refractivity contribution is 0.337. The van der Waals surface area contributed by atoms with Crippen LogP contribution in [-0.4, -0.2) is 42.2 Å². The first-order valence-corrected chi connectivity index (χ1v) is 7.02. The first-order chi connectivity index (χ1) is 9.74. The van der Waals surface area contributed by atoms with E-state index in [0.717, 1.165) is 31.8 Å². The molecule has 5 heteroatoms. The third-order valence-corrected chi connectivity index (χ3v) is 3.62. The quantitative estimate of drug-likeness (QED) is 0.912. The largest absolute Gasteiger partial charge is 0.337 e. The Morgan fingerprint density at radius 1 is 1.35 bits per heavy atom. The van der Waals surface area contributed by atoms with Crippen molar-refractivity contribution in [3.05, 3.63) is 47.1 Å². The monoisotopic (exact) mass is 272 g/mol. The van der Waals surface area contributed by atoms with E-state index < -0.39 is 0 Å². The SMILES string of the molecule is CN(C)CCc1noc(C2NCCc3ccccc32)n1. The summed E-state index contributed by atoms with van der Waals surface area (Å²) in [5.74, 6) is 1.45. The van der Waals surface area contributed by atoms with Crippen LogP contribution in [0.2, 0.25) is 0 Å². The highest BCUT2D eigenvalue weighted by Gasteiger charge is 2.25. The number of nitrogens with zero attached hydrogens (tertiary/aromatic N) is 3. The first-order valence-electron chi connectivity index (χ1n) is 7.02. The van der Waals surface area contributed by atoms with Gasteiger partial charge in [-0.15, -0.1) is 0 Å². The van der Waals surface area contributed by atoms with Crippen LogP contribution in [0.3, 0.4) is 0 Å². The summed E-state index contributed by atoms with van der Waals surface area (Å²) in [4.78, 5) is 6.65. The van der Waals surface area contributed by atoms with Gasteiger partial charge in [0, 0.05) is 19.5 Å². The smallest absolute Gasteiger partial charge is 0.248 e. The molecule has 1 aromatic carbocycles. The predicted molar refractivity (Wildman–Crippen MR) is 76.5 cm³/mol. The number of nitrogens with one attached hydrogen (secondary N) is 1. The van der Waals surface area contributed by atoms with E-state index in [9.17, 15) is 0 Å². The average Bonchev–Trinajstić information content (AvgIpc) is 2.93. The molecule has 2 heterocycles. The molecule has 1 aliphatic heterocycles. The molecule has 0 fully saturated rings. The normalized spacial score (nSPS) is 18.2. The number of benzene rings is 1. The molecule has 1 atom stereocenters. The minimum absolute atomic E-state index is 0.0283. The van der Waals surface area contributed by atoms with Crippen LogP contribution in [0.15, 0.2) is 28.8 Å². The van der Waals surface area contributed by atoms with Gasteiger partial charge in [-0.2, -0.15) is 4.98 Å². The molecule has 0 aliphatic carbocycles. The van der Waals surface area contributed by atoms with E-state index >= 15 is 0 Å². The Morgan fingerprint density at radius 3 is 3.05 bits per heavy atom. The second-order valence-electron chi connectivity index (χ2n) is 5.44. The van der Waals surface area contributed by atoms with Gasteiger partial charge in [-0.3, -0.25) is 0 Å². The molecule has 1 aromatic heterocycles. The molecule has 2 aromatic rings. The molecule has 0 spiro atoms. The van der Waals surface area contributed by atoms with Crippen molar-refractivity contribution in [2.45, 2.75) is 18.9 Å². The molecule has 0 saturated heterocycles. The zero-order valence-corrected chi connectivity index (χ0v) is 12.0. The maximum atomic E-state index is 5.45. The van der Waals surface area contributed by atoms with Crippen molar-refractivity contribution >= 4 is 0 Å². The fourth-order valence-electron chi connectivity index (χ4n) is 2.53. The van der Waals surface area contributed by atoms with Crippen LogP contribution in [0, 0.1) is 0 Å². The molecule has 5 nitrogen and oxygen atoms in total. The Morgan fingerprint density at radius 2 is 2.20 bits per heavy atom. The van der Waals surface area contributed by atoms with Gasteiger partial charge in [-0.05, 0) is 31.6 Å². The van der Waals surface area contributed by atoms with Crippen molar-refractivity contribution in [3.63, 3.8) is 0 Å². The van der Waals surface area contributed by atoms with Gasteiger partial charge in [0.15, 0.2) is 5.82 Å². The van der Waals surface area contributed by atoms with Gasteiger partial charge in [0.2, 0.25) is 5.89 Å². The molecular weight excluding hydrogens is 252 g/mol. The first kappa shape index (κ1) is 13.3. The lowest BCUT2D eigenvalue weighted by atomic mass is 9.94. The number of rotatable bonds is 4. The van der Waals surface area contributed by atoms with Crippen LogP contribution in [0.25, 0.3) is 0 Å². The van der Waals surface area contributed by atoms with Gasteiger partial charge in [-0.25, -0.2) is 0 Å². The molecule has 0 radical (unpaired) electrons. The van der Waals surface area contributed by atoms with Crippen molar-refractivity contribution in [2.24, 2.45) is 0 Å². The zero-order chi connectivity index (χ0) is 13.9. The highest BCUT2D eigenvalue weighted by molar-refractivity contribution is 5.35. The van der Waals surface area contributed by atoms with E-state index in [-0.39, 0.29) is 6.04 Å². The van der Waals surface area contributed by atoms with E-state index in [2.05, 4.69) is 44.6 Å². The summed E-state index contributed by atoms with van der Waals surface area (Å²) in [6.07, 6.45) is 1.86. The van der Waals surface area contributed by atoms with Crippen molar-refractivity contribution in [1.82, 2.24) is 20.4 Å². The molecule has 0 bridgehead atoms. The summed E-state index contributed by atoms with van der Waals surface area (Å²) in [6.45, 7) is 1.87. The molecule has 20 heavy (non-hydrogen) atoms. The maximum absolute atomic E-state index is 5.45. The second kappa shape index (κ2) is 5.73. The number of hydrogen-bond donors (Lipinski definition) is 1. The predicted octanol–water partition coefficient (Wildman–Crippen LogP) is 1.41. The molecule has 1 N–H and O–H groups in total.